The van der Waals surface area contributed by atoms with Gasteiger partial charge in [-0.05, 0) is 49.8 Å². The van der Waals surface area contributed by atoms with E-state index in [0.717, 1.165) is 16.9 Å². The summed E-state index contributed by atoms with van der Waals surface area (Å²) in [7, 11) is 0. The largest absolute Gasteiger partial charge is 0.349 e. The number of carbonyl (C=O) groups excluding carboxylic acids is 1. The van der Waals surface area contributed by atoms with Crippen LogP contribution in [0.25, 0.3) is 17.3 Å². The van der Waals surface area contributed by atoms with Gasteiger partial charge in [-0.3, -0.25) is 14.2 Å². The summed E-state index contributed by atoms with van der Waals surface area (Å²) in [6.07, 6.45) is 1.69. The lowest BCUT2D eigenvalue weighted by atomic mass is 10.1. The fourth-order valence-electron chi connectivity index (χ4n) is 2.80. The molecular formula is C23H18N4O2S. The number of hydrogen-bond donors (Lipinski definition) is 1. The Balaban J connectivity index is 2.33. The molecule has 1 amide bonds. The molecule has 6 nitrogen and oxygen atoms in total. The minimum atomic E-state index is -0.525. The Kier molecular flexibility index (Phi) is 6.26. The summed E-state index contributed by atoms with van der Waals surface area (Å²) < 4.78 is 2.04. The molecule has 1 heterocycles. The summed E-state index contributed by atoms with van der Waals surface area (Å²) in [6.45, 7) is 3.60. The smallest absolute Gasteiger partial charge is 0.273 e. The molecule has 1 N–H and O–H groups in total. The van der Waals surface area contributed by atoms with Gasteiger partial charge in [-0.25, -0.2) is 0 Å². The van der Waals surface area contributed by atoms with Gasteiger partial charge in [0.2, 0.25) is 0 Å². The Morgan fingerprint density at radius 2 is 1.77 bits per heavy atom. The Hall–Kier alpha value is -3.94. The number of aromatic nitrogens is 1. The zero-order valence-electron chi connectivity index (χ0n) is 16.4. The van der Waals surface area contributed by atoms with Crippen molar-refractivity contribution in [2.45, 2.75) is 19.9 Å². The first-order chi connectivity index (χ1) is 14.4. The van der Waals surface area contributed by atoms with Crippen molar-refractivity contribution in [2.75, 3.05) is 0 Å². The van der Waals surface area contributed by atoms with Crippen LogP contribution in [0.4, 0.5) is 0 Å². The lowest BCUT2D eigenvalue weighted by molar-refractivity contribution is -0.116. The number of nitrogens with one attached hydrogen (secondary N) is 1. The molecule has 0 saturated heterocycles. The molecule has 0 bridgehead atoms. The zero-order chi connectivity index (χ0) is 21.7. The van der Waals surface area contributed by atoms with Crippen LogP contribution in [0.15, 0.2) is 59.4 Å². The highest BCUT2D eigenvalue weighted by Gasteiger charge is 2.17. The van der Waals surface area contributed by atoms with E-state index in [1.165, 1.54) is 4.57 Å². The number of nitrogens with zero attached hydrogens (tertiary/aromatic N) is 3. The molecule has 0 aliphatic rings. The van der Waals surface area contributed by atoms with Gasteiger partial charge >= 0.3 is 0 Å². The molecule has 0 aliphatic heterocycles. The Morgan fingerprint density at radius 1 is 1.10 bits per heavy atom. The summed E-state index contributed by atoms with van der Waals surface area (Å²) in [5, 5.41) is 21.3. The number of thiazole rings is 1. The van der Waals surface area contributed by atoms with Crippen molar-refractivity contribution in [1.29, 1.82) is 10.5 Å². The summed E-state index contributed by atoms with van der Waals surface area (Å²) in [6, 6.07) is 19.6. The molecular weight excluding hydrogens is 396 g/mol. The van der Waals surface area contributed by atoms with E-state index in [2.05, 4.69) is 11.4 Å². The molecule has 3 aromatic rings. The van der Waals surface area contributed by atoms with Crippen LogP contribution >= 0.6 is 11.3 Å². The molecule has 0 saturated carbocycles. The van der Waals surface area contributed by atoms with Gasteiger partial charge in [0.1, 0.15) is 10.7 Å². The average Bonchev–Trinajstić information content (AvgIpc) is 3.05. The van der Waals surface area contributed by atoms with Gasteiger partial charge in [-0.1, -0.05) is 30.3 Å². The van der Waals surface area contributed by atoms with Gasteiger partial charge in [-0.2, -0.15) is 10.5 Å². The highest BCUT2D eigenvalue weighted by molar-refractivity contribution is 7.07. The van der Waals surface area contributed by atoms with Gasteiger partial charge in [0, 0.05) is 6.04 Å². The van der Waals surface area contributed by atoms with Crippen LogP contribution in [0.1, 0.15) is 25.0 Å². The second kappa shape index (κ2) is 9.04. The molecule has 30 heavy (non-hydrogen) atoms. The number of hydrogen-bond acceptors (Lipinski definition) is 5. The Labute approximate surface area is 177 Å². The number of para-hydroxylation sites is 1. The van der Waals surface area contributed by atoms with Crippen molar-refractivity contribution in [3.63, 3.8) is 0 Å². The van der Waals surface area contributed by atoms with E-state index in [-0.39, 0.29) is 21.8 Å². The van der Waals surface area contributed by atoms with E-state index in [9.17, 15) is 14.9 Å². The van der Waals surface area contributed by atoms with Crippen molar-refractivity contribution in [3.8, 4) is 17.8 Å². The van der Waals surface area contributed by atoms with Crippen LogP contribution in [0.5, 0.6) is 0 Å². The lowest BCUT2D eigenvalue weighted by Crippen LogP contribution is -2.36. The SMILES string of the molecule is CC(C)NC(=O)/C(C#N)=c1\s/c(=C\c2ccc(C#N)cc2)c(=O)n1-c1ccccc1. The highest BCUT2D eigenvalue weighted by atomic mass is 32.1. The van der Waals surface area contributed by atoms with Crippen LogP contribution < -0.4 is 20.1 Å². The highest BCUT2D eigenvalue weighted by Crippen LogP contribution is 2.06. The first-order valence-electron chi connectivity index (χ1n) is 9.19. The summed E-state index contributed by atoms with van der Waals surface area (Å²) in [5.41, 5.74) is 1.39. The first-order valence-corrected chi connectivity index (χ1v) is 10.0. The van der Waals surface area contributed by atoms with E-state index in [1.54, 1.807) is 68.5 Å². The van der Waals surface area contributed by atoms with Crippen molar-refractivity contribution in [2.24, 2.45) is 0 Å². The summed E-state index contributed by atoms with van der Waals surface area (Å²) >= 11 is 1.08. The third-order valence-electron chi connectivity index (χ3n) is 4.15. The van der Waals surface area contributed by atoms with E-state index < -0.39 is 5.91 Å². The number of benzene rings is 2. The molecule has 148 valence electrons. The van der Waals surface area contributed by atoms with Crippen molar-refractivity contribution in [3.05, 3.63) is 85.3 Å². The quantitative estimate of drug-likeness (QED) is 0.704. The fourth-order valence-corrected chi connectivity index (χ4v) is 3.90. The van der Waals surface area contributed by atoms with Gasteiger partial charge < -0.3 is 5.32 Å². The van der Waals surface area contributed by atoms with Gasteiger partial charge in [0.25, 0.3) is 11.5 Å². The van der Waals surface area contributed by atoms with Crippen molar-refractivity contribution < 1.29 is 4.79 Å². The fraction of sp³-hybridized carbons (Fsp3) is 0.130. The third-order valence-corrected chi connectivity index (χ3v) is 5.24. The van der Waals surface area contributed by atoms with Crippen LogP contribution in [0, 0.1) is 22.7 Å². The van der Waals surface area contributed by atoms with E-state index >= 15 is 0 Å². The predicted molar refractivity (Wildman–Crippen MR) is 116 cm³/mol. The molecule has 0 atom stereocenters. The van der Waals surface area contributed by atoms with Crippen molar-refractivity contribution in [1.82, 2.24) is 9.88 Å². The third kappa shape index (κ3) is 4.38. The Morgan fingerprint density at radius 3 is 2.33 bits per heavy atom. The minimum Gasteiger partial charge on any atom is -0.349 e. The average molecular weight is 414 g/mol. The second-order valence-corrected chi connectivity index (χ2v) is 7.77. The number of nitriles is 2. The normalized spacial score (nSPS) is 12.2. The van der Waals surface area contributed by atoms with E-state index in [0.29, 0.717) is 15.8 Å². The molecule has 0 spiro atoms. The minimum absolute atomic E-state index is 0.117. The van der Waals surface area contributed by atoms with E-state index in [1.807, 2.05) is 12.1 Å². The molecule has 7 heteroatoms. The van der Waals surface area contributed by atoms with Gasteiger partial charge in [-0.15, -0.1) is 11.3 Å². The van der Waals surface area contributed by atoms with Gasteiger partial charge in [0.15, 0.2) is 5.57 Å². The Bertz CT molecular complexity index is 1340. The first kappa shape index (κ1) is 20.8. The molecule has 2 aromatic carbocycles. The number of amides is 1. The molecule has 0 unspecified atom stereocenters. The molecule has 1 aromatic heterocycles. The maximum atomic E-state index is 13.2. The zero-order valence-corrected chi connectivity index (χ0v) is 17.2. The molecule has 0 aliphatic carbocycles. The van der Waals surface area contributed by atoms with Crippen LogP contribution in [-0.2, 0) is 4.79 Å². The van der Waals surface area contributed by atoms with E-state index in [4.69, 9.17) is 5.26 Å². The number of carbonyl (C=O) groups is 1. The maximum Gasteiger partial charge on any atom is 0.273 e. The maximum absolute atomic E-state index is 13.2. The number of rotatable bonds is 4. The topological polar surface area (TPSA) is 98.7 Å². The monoisotopic (exact) mass is 414 g/mol. The summed E-state index contributed by atoms with van der Waals surface area (Å²) in [4.78, 5) is 25.8. The predicted octanol–water partition coefficient (Wildman–Crippen LogP) is 1.80. The van der Waals surface area contributed by atoms with Crippen LogP contribution in [0.2, 0.25) is 0 Å². The molecule has 0 radical (unpaired) electrons. The van der Waals surface area contributed by atoms with Gasteiger partial charge in [0.05, 0.1) is 21.9 Å². The van der Waals surface area contributed by atoms with Crippen LogP contribution in [-0.4, -0.2) is 16.5 Å². The standard InChI is InChI=1S/C23H18N4O2S/c1-15(2)26-21(28)19(14-25)23-27(18-6-4-3-5-7-18)22(29)20(30-23)12-16-8-10-17(13-24)11-9-16/h3-12,15H,1-2H3,(H,26,28)/b20-12-,23-19-. The summed E-state index contributed by atoms with van der Waals surface area (Å²) in [5.74, 6) is -0.525. The van der Waals surface area contributed by atoms with Crippen molar-refractivity contribution >= 4 is 28.9 Å². The van der Waals surface area contributed by atoms with Crippen LogP contribution in [0.3, 0.4) is 0 Å². The molecule has 0 fully saturated rings. The molecule has 3 rings (SSSR count). The lowest BCUT2D eigenvalue weighted by Gasteiger charge is -2.07. The second-order valence-electron chi connectivity index (χ2n) is 6.74.